The molecular weight excluding hydrogens is 202 g/mol. The number of amides is 1. The third-order valence-electron chi connectivity index (χ3n) is 3.25. The Kier molecular flexibility index (Phi) is 5.27. The Morgan fingerprint density at radius 3 is 2.62 bits per heavy atom. The molecule has 1 aliphatic heterocycles. The van der Waals surface area contributed by atoms with Crippen LogP contribution >= 0.6 is 0 Å². The normalized spacial score (nSPS) is 20.1. The first-order valence-electron chi connectivity index (χ1n) is 6.05. The van der Waals surface area contributed by atoms with Crippen LogP contribution in [0.4, 0.5) is 0 Å². The number of nitrogens with zero attached hydrogens (tertiary/aromatic N) is 2. The van der Waals surface area contributed by atoms with E-state index >= 15 is 0 Å². The standard InChI is InChI=1S/C12H21N3O/c1-3-12(4-7-13)15-8-5-11(6-9-15)14-10(2)16/h11-12H,3-6,8-9H2,1-2H3,(H,14,16). The molecule has 4 nitrogen and oxygen atoms in total. The van der Waals surface area contributed by atoms with Gasteiger partial charge < -0.3 is 5.32 Å². The van der Waals surface area contributed by atoms with Crippen molar-refractivity contribution in [3.05, 3.63) is 0 Å². The van der Waals surface area contributed by atoms with Crippen molar-refractivity contribution in [2.24, 2.45) is 0 Å². The summed E-state index contributed by atoms with van der Waals surface area (Å²) in [4.78, 5) is 13.3. The van der Waals surface area contributed by atoms with Gasteiger partial charge in [-0.15, -0.1) is 0 Å². The molecule has 0 saturated carbocycles. The van der Waals surface area contributed by atoms with Gasteiger partial charge in [0.05, 0.1) is 12.5 Å². The molecule has 0 spiro atoms. The Hall–Kier alpha value is -1.08. The van der Waals surface area contributed by atoms with Gasteiger partial charge in [0.15, 0.2) is 0 Å². The predicted octanol–water partition coefficient (Wildman–Crippen LogP) is 1.28. The largest absolute Gasteiger partial charge is 0.354 e. The van der Waals surface area contributed by atoms with Gasteiger partial charge in [0.2, 0.25) is 5.91 Å². The van der Waals surface area contributed by atoms with Gasteiger partial charge in [-0.05, 0) is 19.3 Å². The lowest BCUT2D eigenvalue weighted by molar-refractivity contribution is -0.120. The van der Waals surface area contributed by atoms with Crippen molar-refractivity contribution in [1.29, 1.82) is 5.26 Å². The molecule has 1 atom stereocenters. The van der Waals surface area contributed by atoms with Crippen molar-refractivity contribution in [1.82, 2.24) is 10.2 Å². The van der Waals surface area contributed by atoms with Crippen LogP contribution in [0.25, 0.3) is 0 Å². The second-order valence-electron chi connectivity index (χ2n) is 4.44. The molecule has 0 bridgehead atoms. The van der Waals surface area contributed by atoms with Crippen LogP contribution in [0, 0.1) is 11.3 Å². The van der Waals surface area contributed by atoms with Crippen LogP contribution in [-0.4, -0.2) is 36.0 Å². The summed E-state index contributed by atoms with van der Waals surface area (Å²) in [6.45, 7) is 5.68. The number of likely N-dealkylation sites (tertiary alicyclic amines) is 1. The molecule has 1 unspecified atom stereocenters. The number of carbonyl (C=O) groups is 1. The lowest BCUT2D eigenvalue weighted by Crippen LogP contribution is -2.47. The van der Waals surface area contributed by atoms with Crippen LogP contribution in [0.1, 0.15) is 39.5 Å². The van der Waals surface area contributed by atoms with E-state index in [1.807, 2.05) is 0 Å². The summed E-state index contributed by atoms with van der Waals surface area (Å²) < 4.78 is 0. The maximum Gasteiger partial charge on any atom is 0.217 e. The van der Waals surface area contributed by atoms with Crippen molar-refractivity contribution in [2.75, 3.05) is 13.1 Å². The number of carbonyl (C=O) groups excluding carboxylic acids is 1. The number of piperidine rings is 1. The summed E-state index contributed by atoms with van der Waals surface area (Å²) in [5, 5.41) is 11.7. The van der Waals surface area contributed by atoms with Gasteiger partial charge in [0.25, 0.3) is 0 Å². The SMILES string of the molecule is CCC(CC#N)N1CCC(NC(C)=O)CC1. The molecule has 0 radical (unpaired) electrons. The number of nitrogens with one attached hydrogen (secondary N) is 1. The molecule has 1 aliphatic rings. The molecule has 90 valence electrons. The predicted molar refractivity (Wildman–Crippen MR) is 62.7 cm³/mol. The fourth-order valence-corrected chi connectivity index (χ4v) is 2.33. The van der Waals surface area contributed by atoms with Gasteiger partial charge in [0, 0.05) is 32.1 Å². The minimum atomic E-state index is 0.0579. The zero-order valence-electron chi connectivity index (χ0n) is 10.2. The van der Waals surface area contributed by atoms with E-state index in [2.05, 4.69) is 23.2 Å². The molecule has 0 aromatic heterocycles. The van der Waals surface area contributed by atoms with E-state index in [9.17, 15) is 4.79 Å². The molecule has 0 aromatic carbocycles. The van der Waals surface area contributed by atoms with Crippen LogP contribution < -0.4 is 5.32 Å². The number of nitriles is 1. The summed E-state index contributed by atoms with van der Waals surface area (Å²) in [5.41, 5.74) is 0. The van der Waals surface area contributed by atoms with E-state index in [0.29, 0.717) is 18.5 Å². The van der Waals surface area contributed by atoms with Gasteiger partial charge >= 0.3 is 0 Å². The van der Waals surface area contributed by atoms with Crippen molar-refractivity contribution in [3.8, 4) is 6.07 Å². The lowest BCUT2D eigenvalue weighted by atomic mass is 10.0. The smallest absolute Gasteiger partial charge is 0.217 e. The zero-order valence-corrected chi connectivity index (χ0v) is 10.2. The second-order valence-corrected chi connectivity index (χ2v) is 4.44. The Bertz CT molecular complexity index is 264. The van der Waals surface area contributed by atoms with Crippen molar-refractivity contribution in [3.63, 3.8) is 0 Å². The lowest BCUT2D eigenvalue weighted by Gasteiger charge is -2.36. The van der Waals surface area contributed by atoms with Crippen LogP contribution in [-0.2, 0) is 4.79 Å². The molecule has 0 aromatic rings. The van der Waals surface area contributed by atoms with Crippen LogP contribution in [0.5, 0.6) is 0 Å². The Morgan fingerprint density at radius 2 is 2.19 bits per heavy atom. The average Bonchev–Trinajstić information content (AvgIpc) is 2.26. The summed E-state index contributed by atoms with van der Waals surface area (Å²) in [6.07, 6.45) is 3.64. The van der Waals surface area contributed by atoms with Crippen molar-refractivity contribution < 1.29 is 4.79 Å². The Labute approximate surface area is 97.6 Å². The van der Waals surface area contributed by atoms with Gasteiger partial charge in [-0.1, -0.05) is 6.92 Å². The van der Waals surface area contributed by atoms with E-state index < -0.39 is 0 Å². The van der Waals surface area contributed by atoms with Crippen molar-refractivity contribution in [2.45, 2.75) is 51.6 Å². The molecule has 1 N–H and O–H groups in total. The fraction of sp³-hybridized carbons (Fsp3) is 0.833. The number of hydrogen-bond acceptors (Lipinski definition) is 3. The molecule has 1 rings (SSSR count). The zero-order chi connectivity index (χ0) is 12.0. The van der Waals surface area contributed by atoms with Crippen LogP contribution in [0.3, 0.4) is 0 Å². The molecule has 1 fully saturated rings. The topological polar surface area (TPSA) is 56.1 Å². The molecule has 1 amide bonds. The van der Waals surface area contributed by atoms with E-state index in [0.717, 1.165) is 32.4 Å². The third kappa shape index (κ3) is 3.82. The minimum absolute atomic E-state index is 0.0579. The molecule has 1 heterocycles. The Morgan fingerprint density at radius 1 is 1.56 bits per heavy atom. The van der Waals surface area contributed by atoms with E-state index in [1.54, 1.807) is 6.92 Å². The summed E-state index contributed by atoms with van der Waals surface area (Å²) in [5.74, 6) is 0.0579. The van der Waals surface area contributed by atoms with Gasteiger partial charge in [-0.2, -0.15) is 5.26 Å². The summed E-state index contributed by atoms with van der Waals surface area (Å²) >= 11 is 0. The van der Waals surface area contributed by atoms with Gasteiger partial charge in [0.1, 0.15) is 0 Å². The first-order chi connectivity index (χ1) is 7.67. The highest BCUT2D eigenvalue weighted by molar-refractivity contribution is 5.73. The minimum Gasteiger partial charge on any atom is -0.354 e. The van der Waals surface area contributed by atoms with E-state index in [1.165, 1.54) is 0 Å². The first kappa shape index (κ1) is 13.0. The molecule has 16 heavy (non-hydrogen) atoms. The number of hydrogen-bond donors (Lipinski definition) is 1. The summed E-state index contributed by atoms with van der Waals surface area (Å²) in [6, 6.07) is 2.97. The number of rotatable bonds is 4. The average molecular weight is 223 g/mol. The highest BCUT2D eigenvalue weighted by Gasteiger charge is 2.24. The molecular formula is C12H21N3O. The summed E-state index contributed by atoms with van der Waals surface area (Å²) in [7, 11) is 0. The highest BCUT2D eigenvalue weighted by Crippen LogP contribution is 2.16. The van der Waals surface area contributed by atoms with E-state index in [-0.39, 0.29) is 5.91 Å². The van der Waals surface area contributed by atoms with Crippen molar-refractivity contribution >= 4 is 5.91 Å². The van der Waals surface area contributed by atoms with Gasteiger partial charge in [-0.3, -0.25) is 9.69 Å². The molecule has 4 heteroatoms. The Balaban J connectivity index is 2.36. The monoisotopic (exact) mass is 223 g/mol. The van der Waals surface area contributed by atoms with Crippen LogP contribution in [0.2, 0.25) is 0 Å². The molecule has 1 saturated heterocycles. The maximum absolute atomic E-state index is 10.9. The molecule has 0 aliphatic carbocycles. The fourth-order valence-electron chi connectivity index (χ4n) is 2.33. The highest BCUT2D eigenvalue weighted by atomic mass is 16.1. The quantitative estimate of drug-likeness (QED) is 0.781. The first-order valence-corrected chi connectivity index (χ1v) is 6.05. The maximum atomic E-state index is 10.9. The third-order valence-corrected chi connectivity index (χ3v) is 3.25. The second kappa shape index (κ2) is 6.49. The van der Waals surface area contributed by atoms with Gasteiger partial charge in [-0.25, -0.2) is 0 Å². The van der Waals surface area contributed by atoms with E-state index in [4.69, 9.17) is 5.26 Å². The van der Waals surface area contributed by atoms with Crippen LogP contribution in [0.15, 0.2) is 0 Å².